The summed E-state index contributed by atoms with van der Waals surface area (Å²) in [6, 6.07) is 0. The van der Waals surface area contributed by atoms with Crippen molar-refractivity contribution in [1.29, 1.82) is 0 Å². The molecular formula is C73H122O6. The second-order valence-electron chi connectivity index (χ2n) is 21.6. The molecular weight excluding hydrogens is 973 g/mol. The summed E-state index contributed by atoms with van der Waals surface area (Å²) in [4.78, 5) is 38.0. The summed E-state index contributed by atoms with van der Waals surface area (Å²) in [7, 11) is 0. The maximum Gasteiger partial charge on any atom is 0.306 e. The van der Waals surface area contributed by atoms with E-state index in [4.69, 9.17) is 14.2 Å². The van der Waals surface area contributed by atoms with E-state index in [0.717, 1.165) is 135 Å². The Morgan fingerprint density at radius 2 is 0.494 bits per heavy atom. The fourth-order valence-corrected chi connectivity index (χ4v) is 9.02. The minimum Gasteiger partial charge on any atom is -0.462 e. The number of unbranched alkanes of at least 4 members (excludes halogenated alkanes) is 28. The third-order valence-corrected chi connectivity index (χ3v) is 14.0. The molecule has 0 rings (SSSR count). The summed E-state index contributed by atoms with van der Waals surface area (Å²) in [5.74, 6) is -0.909. The Labute approximate surface area is 488 Å². The van der Waals surface area contributed by atoms with Crippen molar-refractivity contribution in [3.63, 3.8) is 0 Å². The van der Waals surface area contributed by atoms with Crippen LogP contribution in [-0.4, -0.2) is 37.2 Å². The van der Waals surface area contributed by atoms with Gasteiger partial charge in [0.05, 0.1) is 0 Å². The molecule has 0 amide bonds. The first kappa shape index (κ1) is 74.8. The van der Waals surface area contributed by atoms with Gasteiger partial charge in [-0.05, 0) is 116 Å². The molecule has 1 unspecified atom stereocenters. The highest BCUT2D eigenvalue weighted by atomic mass is 16.6. The maximum absolute atomic E-state index is 12.8. The van der Waals surface area contributed by atoms with Gasteiger partial charge in [-0.2, -0.15) is 0 Å². The van der Waals surface area contributed by atoms with E-state index in [1.54, 1.807) is 0 Å². The summed E-state index contributed by atoms with van der Waals surface area (Å²) < 4.78 is 16.8. The molecule has 0 aliphatic rings. The normalized spacial score (nSPS) is 12.9. The fraction of sp³-hybridized carbons (Fsp3) is 0.685. The van der Waals surface area contributed by atoms with Crippen LogP contribution in [0.3, 0.4) is 0 Å². The van der Waals surface area contributed by atoms with Crippen molar-refractivity contribution in [2.24, 2.45) is 0 Å². The molecule has 0 fully saturated rings. The second-order valence-corrected chi connectivity index (χ2v) is 21.6. The first-order valence-corrected chi connectivity index (χ1v) is 33.0. The molecule has 6 nitrogen and oxygen atoms in total. The van der Waals surface area contributed by atoms with E-state index in [-0.39, 0.29) is 31.1 Å². The van der Waals surface area contributed by atoms with E-state index >= 15 is 0 Å². The van der Waals surface area contributed by atoms with Crippen LogP contribution in [0, 0.1) is 0 Å². The minimum absolute atomic E-state index is 0.0843. The monoisotopic (exact) mass is 1090 g/mol. The summed E-state index contributed by atoms with van der Waals surface area (Å²) in [5, 5.41) is 0. The zero-order valence-electron chi connectivity index (χ0n) is 51.6. The standard InChI is InChI=1S/C73H122O6/c1-4-7-10-13-15-17-19-21-23-25-27-29-31-33-34-35-36-37-38-40-41-43-45-47-49-51-53-55-57-60-63-66-72(75)78-69-70(68-77-71(74)65-62-59-12-9-6-3)79-73(76)67-64-61-58-56-54-52-50-48-46-44-42-39-32-30-28-26-24-22-20-18-16-14-11-8-5-2/h7,10,15,17,20-23,26-29,33-34,36-37,40-41,45,47,70H,4-6,8-9,11-14,16,18-19,24-25,30-32,35,38-39,42-44,46,48-69H2,1-3H3/b10-7-,17-15-,22-20-,23-21-,28-26-,29-27-,34-33-,37-36-,41-40-,47-45-. The first-order chi connectivity index (χ1) is 39.0. The van der Waals surface area contributed by atoms with Crippen LogP contribution in [0.15, 0.2) is 122 Å². The Balaban J connectivity index is 4.09. The Morgan fingerprint density at radius 1 is 0.266 bits per heavy atom. The molecule has 79 heavy (non-hydrogen) atoms. The van der Waals surface area contributed by atoms with Gasteiger partial charge in [0.1, 0.15) is 13.2 Å². The molecule has 1 atom stereocenters. The van der Waals surface area contributed by atoms with Gasteiger partial charge < -0.3 is 14.2 Å². The van der Waals surface area contributed by atoms with Crippen molar-refractivity contribution >= 4 is 17.9 Å². The van der Waals surface area contributed by atoms with Crippen LogP contribution in [-0.2, 0) is 28.6 Å². The molecule has 0 spiro atoms. The number of carbonyl (C=O) groups is 3. The van der Waals surface area contributed by atoms with Crippen LogP contribution in [0.4, 0.5) is 0 Å². The average Bonchev–Trinajstić information content (AvgIpc) is 3.45. The zero-order chi connectivity index (χ0) is 57.1. The lowest BCUT2D eigenvalue weighted by Gasteiger charge is -2.18. The zero-order valence-corrected chi connectivity index (χ0v) is 51.6. The summed E-state index contributed by atoms with van der Waals surface area (Å²) in [6.45, 7) is 6.43. The number of allylic oxidation sites excluding steroid dienone is 20. The molecule has 0 heterocycles. The van der Waals surface area contributed by atoms with E-state index in [1.165, 1.54) is 128 Å². The molecule has 0 aliphatic carbocycles. The molecule has 0 aromatic heterocycles. The van der Waals surface area contributed by atoms with E-state index in [0.29, 0.717) is 19.3 Å². The van der Waals surface area contributed by atoms with E-state index in [9.17, 15) is 14.4 Å². The molecule has 0 saturated carbocycles. The number of esters is 3. The number of carbonyl (C=O) groups excluding carboxylic acids is 3. The molecule has 0 radical (unpaired) electrons. The first-order valence-electron chi connectivity index (χ1n) is 33.0. The largest absolute Gasteiger partial charge is 0.462 e. The van der Waals surface area contributed by atoms with E-state index in [1.807, 2.05) is 0 Å². The Hall–Kier alpha value is -4.19. The lowest BCUT2D eigenvalue weighted by Crippen LogP contribution is -2.30. The van der Waals surface area contributed by atoms with Gasteiger partial charge in [-0.25, -0.2) is 0 Å². The molecule has 0 aromatic carbocycles. The Bertz CT molecular complexity index is 1640. The van der Waals surface area contributed by atoms with E-state index < -0.39 is 6.10 Å². The minimum atomic E-state index is -0.784. The van der Waals surface area contributed by atoms with Crippen molar-refractivity contribution in [3.05, 3.63) is 122 Å². The SMILES string of the molecule is CC/C=C\C/C=C\C/C=C\C/C=C\C/C=C\C/C=C\C/C=C\C/C=C\CCCCCCCCC(=O)OCC(COC(=O)CCCCCCC)OC(=O)CCCCCCCCCCCCCCC/C=C\C/C=C\CCCCCCC. The van der Waals surface area contributed by atoms with Crippen LogP contribution < -0.4 is 0 Å². The maximum atomic E-state index is 12.8. The van der Waals surface area contributed by atoms with Crippen molar-refractivity contribution in [3.8, 4) is 0 Å². The molecule has 6 heteroatoms. The third kappa shape index (κ3) is 64.5. The third-order valence-electron chi connectivity index (χ3n) is 14.0. The van der Waals surface area contributed by atoms with Gasteiger partial charge in [-0.1, -0.05) is 290 Å². The van der Waals surface area contributed by atoms with Crippen LogP contribution in [0.1, 0.15) is 303 Å². The highest BCUT2D eigenvalue weighted by molar-refractivity contribution is 5.71. The van der Waals surface area contributed by atoms with Crippen molar-refractivity contribution < 1.29 is 28.6 Å². The smallest absolute Gasteiger partial charge is 0.306 e. The van der Waals surface area contributed by atoms with Gasteiger partial charge in [0.15, 0.2) is 6.10 Å². The molecule has 0 bridgehead atoms. The molecule has 0 aromatic rings. The van der Waals surface area contributed by atoms with Crippen LogP contribution in [0.2, 0.25) is 0 Å². The predicted octanol–water partition coefficient (Wildman–Crippen LogP) is 22.8. The second kappa shape index (κ2) is 66.3. The van der Waals surface area contributed by atoms with Crippen LogP contribution in [0.5, 0.6) is 0 Å². The van der Waals surface area contributed by atoms with Crippen molar-refractivity contribution in [1.82, 2.24) is 0 Å². The Morgan fingerprint density at radius 3 is 0.772 bits per heavy atom. The Kier molecular flexibility index (Phi) is 62.8. The lowest BCUT2D eigenvalue weighted by atomic mass is 10.0. The molecule has 450 valence electrons. The lowest BCUT2D eigenvalue weighted by molar-refractivity contribution is -0.167. The summed E-state index contributed by atoms with van der Waals surface area (Å²) in [6.07, 6.45) is 92.6. The topological polar surface area (TPSA) is 78.9 Å². The molecule has 0 saturated heterocycles. The highest BCUT2D eigenvalue weighted by Crippen LogP contribution is 2.16. The quantitative estimate of drug-likeness (QED) is 0.0261. The summed E-state index contributed by atoms with van der Waals surface area (Å²) >= 11 is 0. The average molecular weight is 1100 g/mol. The van der Waals surface area contributed by atoms with Crippen LogP contribution >= 0.6 is 0 Å². The number of rotatable bonds is 59. The number of ether oxygens (including phenoxy) is 3. The van der Waals surface area contributed by atoms with Gasteiger partial charge >= 0.3 is 17.9 Å². The van der Waals surface area contributed by atoms with Gasteiger partial charge in [0, 0.05) is 19.3 Å². The number of hydrogen-bond donors (Lipinski definition) is 0. The van der Waals surface area contributed by atoms with Gasteiger partial charge in [-0.15, -0.1) is 0 Å². The summed E-state index contributed by atoms with van der Waals surface area (Å²) in [5.41, 5.74) is 0. The molecule has 0 N–H and O–H groups in total. The fourth-order valence-electron chi connectivity index (χ4n) is 9.02. The van der Waals surface area contributed by atoms with Crippen molar-refractivity contribution in [2.75, 3.05) is 13.2 Å². The van der Waals surface area contributed by atoms with Gasteiger partial charge in [0.25, 0.3) is 0 Å². The number of hydrogen-bond acceptors (Lipinski definition) is 6. The molecule has 0 aliphatic heterocycles. The van der Waals surface area contributed by atoms with Crippen LogP contribution in [0.25, 0.3) is 0 Å². The predicted molar refractivity (Wildman–Crippen MR) is 343 cm³/mol. The van der Waals surface area contributed by atoms with Gasteiger partial charge in [0.2, 0.25) is 0 Å². The van der Waals surface area contributed by atoms with E-state index in [2.05, 4.69) is 142 Å². The highest BCUT2D eigenvalue weighted by Gasteiger charge is 2.19. The van der Waals surface area contributed by atoms with Gasteiger partial charge in [-0.3, -0.25) is 14.4 Å². The van der Waals surface area contributed by atoms with Crippen molar-refractivity contribution in [2.45, 2.75) is 309 Å².